The molecule has 0 radical (unpaired) electrons. The zero-order valence-corrected chi connectivity index (χ0v) is 15.8. The average Bonchev–Trinajstić information content (AvgIpc) is 2.50. The summed E-state index contributed by atoms with van der Waals surface area (Å²) in [6, 6.07) is 13.0. The Labute approximate surface area is 146 Å². The molecule has 0 amide bonds. The fourth-order valence-corrected chi connectivity index (χ4v) is 2.74. The molecule has 0 saturated carbocycles. The van der Waals surface area contributed by atoms with Gasteiger partial charge in [0, 0.05) is 32.4 Å². The Hall–Kier alpha value is -1.94. The molecule has 0 aliphatic rings. The molecule has 4 nitrogen and oxygen atoms in total. The third-order valence-electron chi connectivity index (χ3n) is 3.84. The van der Waals surface area contributed by atoms with Gasteiger partial charge in [0.25, 0.3) is 0 Å². The molecule has 0 aliphatic heterocycles. The lowest BCUT2D eigenvalue weighted by Crippen LogP contribution is -2.26. The molecule has 0 spiro atoms. The van der Waals surface area contributed by atoms with Crippen LogP contribution < -0.4 is 10.2 Å². The molecule has 1 atom stereocenters. The summed E-state index contributed by atoms with van der Waals surface area (Å²) in [5, 5.41) is 3.69. The molecule has 4 heteroatoms. The molecule has 1 N–H and O–H groups in total. The van der Waals surface area contributed by atoms with Gasteiger partial charge in [-0.1, -0.05) is 51.1 Å². The van der Waals surface area contributed by atoms with E-state index in [0.717, 1.165) is 30.3 Å². The number of aryl methyl sites for hydroxylation is 1. The summed E-state index contributed by atoms with van der Waals surface area (Å²) in [5.74, 6) is 0.763. The Balaban J connectivity index is 2.16. The van der Waals surface area contributed by atoms with E-state index in [0.29, 0.717) is 6.04 Å². The molecule has 0 fully saturated rings. The van der Waals surface area contributed by atoms with Gasteiger partial charge >= 0.3 is 0 Å². The number of benzene rings is 1. The van der Waals surface area contributed by atoms with Crippen molar-refractivity contribution in [1.82, 2.24) is 15.3 Å². The summed E-state index contributed by atoms with van der Waals surface area (Å²) in [6.45, 7) is 9.60. The van der Waals surface area contributed by atoms with Crippen LogP contribution in [0.2, 0.25) is 0 Å². The van der Waals surface area contributed by atoms with Crippen molar-refractivity contribution in [3.63, 3.8) is 0 Å². The molecule has 1 unspecified atom stereocenters. The van der Waals surface area contributed by atoms with Gasteiger partial charge < -0.3 is 10.2 Å². The molecule has 2 rings (SSSR count). The summed E-state index contributed by atoms with van der Waals surface area (Å²) in [6.07, 6.45) is 1.07. The Bertz CT molecular complexity index is 644. The van der Waals surface area contributed by atoms with Crippen LogP contribution in [0.5, 0.6) is 0 Å². The van der Waals surface area contributed by atoms with Gasteiger partial charge in [-0.05, 0) is 30.4 Å². The van der Waals surface area contributed by atoms with Crippen molar-refractivity contribution in [3.05, 3.63) is 53.3 Å². The second-order valence-electron chi connectivity index (χ2n) is 7.80. The average molecular weight is 326 g/mol. The lowest BCUT2D eigenvalue weighted by atomic mass is 9.85. The maximum atomic E-state index is 4.65. The number of nitrogens with zero attached hydrogens (tertiary/aromatic N) is 3. The summed E-state index contributed by atoms with van der Waals surface area (Å²) in [5.41, 5.74) is 3.61. The largest absolute Gasteiger partial charge is 0.347 e. The molecule has 130 valence electrons. The minimum absolute atomic E-state index is 0.254. The first-order valence-corrected chi connectivity index (χ1v) is 8.55. The monoisotopic (exact) mass is 326 g/mol. The number of hydrogen-bond donors (Lipinski definition) is 1. The Morgan fingerprint density at radius 3 is 2.33 bits per heavy atom. The van der Waals surface area contributed by atoms with Gasteiger partial charge in [0.1, 0.15) is 0 Å². The van der Waals surface area contributed by atoms with E-state index in [2.05, 4.69) is 72.5 Å². The zero-order chi connectivity index (χ0) is 17.7. The highest BCUT2D eigenvalue weighted by molar-refractivity contribution is 5.30. The molecule has 0 bridgehead atoms. The minimum atomic E-state index is 0.254. The quantitative estimate of drug-likeness (QED) is 0.867. The lowest BCUT2D eigenvalue weighted by molar-refractivity contribution is 0.309. The van der Waals surface area contributed by atoms with Crippen LogP contribution in [0.15, 0.2) is 36.4 Å². The number of rotatable bonds is 6. The zero-order valence-electron chi connectivity index (χ0n) is 15.8. The van der Waals surface area contributed by atoms with Gasteiger partial charge in [0.2, 0.25) is 5.95 Å². The first-order chi connectivity index (χ1) is 11.2. The van der Waals surface area contributed by atoms with E-state index >= 15 is 0 Å². The van der Waals surface area contributed by atoms with E-state index in [1.807, 2.05) is 25.9 Å². The van der Waals surface area contributed by atoms with Gasteiger partial charge in [-0.15, -0.1) is 0 Å². The smallest absolute Gasteiger partial charge is 0.225 e. The predicted octanol–water partition coefficient (Wildman–Crippen LogP) is 4.12. The van der Waals surface area contributed by atoms with Crippen molar-refractivity contribution < 1.29 is 0 Å². The Morgan fingerprint density at radius 1 is 1.08 bits per heavy atom. The van der Waals surface area contributed by atoms with Crippen molar-refractivity contribution in [3.8, 4) is 0 Å². The molecule has 0 saturated heterocycles. The van der Waals surface area contributed by atoms with Crippen LogP contribution in [0.1, 0.15) is 50.2 Å². The third kappa shape index (κ3) is 5.60. The summed E-state index contributed by atoms with van der Waals surface area (Å²) >= 11 is 0. The topological polar surface area (TPSA) is 41.1 Å². The molecular formula is C20H30N4. The molecular weight excluding hydrogens is 296 g/mol. The van der Waals surface area contributed by atoms with Crippen LogP contribution in [0.4, 0.5) is 5.95 Å². The highest BCUT2D eigenvalue weighted by Crippen LogP contribution is 2.29. The molecule has 1 heterocycles. The van der Waals surface area contributed by atoms with E-state index < -0.39 is 0 Å². The fourth-order valence-electron chi connectivity index (χ4n) is 2.74. The number of aromatic nitrogens is 2. The lowest BCUT2D eigenvalue weighted by Gasteiger charge is -2.27. The summed E-state index contributed by atoms with van der Waals surface area (Å²) < 4.78 is 0. The van der Waals surface area contributed by atoms with Crippen LogP contribution in [0, 0.1) is 12.3 Å². The van der Waals surface area contributed by atoms with E-state index in [1.165, 1.54) is 5.56 Å². The standard InChI is InChI=1S/C20H30N4/c1-15-12-17(23-19(22-15)24(5)6)14-21-18(13-20(2,3)4)16-10-8-7-9-11-16/h7-12,18,21H,13-14H2,1-6H3. The first-order valence-electron chi connectivity index (χ1n) is 8.55. The van der Waals surface area contributed by atoms with Crippen LogP contribution in [0.25, 0.3) is 0 Å². The first kappa shape index (κ1) is 18.4. The summed E-state index contributed by atoms with van der Waals surface area (Å²) in [4.78, 5) is 11.1. The van der Waals surface area contributed by atoms with Crippen molar-refractivity contribution in [2.24, 2.45) is 5.41 Å². The summed E-state index contributed by atoms with van der Waals surface area (Å²) in [7, 11) is 3.94. The Morgan fingerprint density at radius 2 is 1.75 bits per heavy atom. The number of nitrogens with one attached hydrogen (secondary N) is 1. The Kier molecular flexibility index (Phi) is 5.94. The highest BCUT2D eigenvalue weighted by atomic mass is 15.2. The van der Waals surface area contributed by atoms with Gasteiger partial charge in [0.15, 0.2) is 0 Å². The van der Waals surface area contributed by atoms with Crippen molar-refractivity contribution >= 4 is 5.95 Å². The van der Waals surface area contributed by atoms with Crippen LogP contribution in [-0.4, -0.2) is 24.1 Å². The molecule has 24 heavy (non-hydrogen) atoms. The van der Waals surface area contributed by atoms with Gasteiger partial charge in [-0.2, -0.15) is 0 Å². The van der Waals surface area contributed by atoms with Crippen molar-refractivity contribution in [1.29, 1.82) is 0 Å². The number of hydrogen-bond acceptors (Lipinski definition) is 4. The van der Waals surface area contributed by atoms with Gasteiger partial charge in [-0.25, -0.2) is 9.97 Å². The predicted molar refractivity (Wildman–Crippen MR) is 101 cm³/mol. The number of anilines is 1. The molecule has 2 aromatic rings. The second kappa shape index (κ2) is 7.75. The van der Waals surface area contributed by atoms with Crippen molar-refractivity contribution in [2.45, 2.75) is 46.7 Å². The van der Waals surface area contributed by atoms with Gasteiger partial charge in [-0.3, -0.25) is 0 Å². The third-order valence-corrected chi connectivity index (χ3v) is 3.84. The van der Waals surface area contributed by atoms with Crippen LogP contribution >= 0.6 is 0 Å². The maximum Gasteiger partial charge on any atom is 0.225 e. The minimum Gasteiger partial charge on any atom is -0.347 e. The SMILES string of the molecule is Cc1cc(CNC(CC(C)(C)C)c2ccccc2)nc(N(C)C)n1. The maximum absolute atomic E-state index is 4.65. The van der Waals surface area contributed by atoms with E-state index in [-0.39, 0.29) is 5.41 Å². The normalized spacial score (nSPS) is 12.9. The molecule has 1 aromatic heterocycles. The fraction of sp³-hybridized carbons (Fsp3) is 0.500. The highest BCUT2D eigenvalue weighted by Gasteiger charge is 2.20. The van der Waals surface area contributed by atoms with Gasteiger partial charge in [0.05, 0.1) is 5.69 Å². The second-order valence-corrected chi connectivity index (χ2v) is 7.80. The van der Waals surface area contributed by atoms with E-state index in [1.54, 1.807) is 0 Å². The molecule has 0 aliphatic carbocycles. The van der Waals surface area contributed by atoms with Crippen LogP contribution in [-0.2, 0) is 6.54 Å². The molecule has 1 aromatic carbocycles. The van der Waals surface area contributed by atoms with Crippen molar-refractivity contribution in [2.75, 3.05) is 19.0 Å². The van der Waals surface area contributed by atoms with Crippen LogP contribution in [0.3, 0.4) is 0 Å². The van der Waals surface area contributed by atoms with E-state index in [4.69, 9.17) is 0 Å². The van der Waals surface area contributed by atoms with E-state index in [9.17, 15) is 0 Å².